The van der Waals surface area contributed by atoms with Crippen molar-refractivity contribution in [2.75, 3.05) is 20.6 Å². The van der Waals surface area contributed by atoms with Crippen LogP contribution < -0.4 is 4.72 Å². The molecule has 0 saturated heterocycles. The van der Waals surface area contributed by atoms with Crippen molar-refractivity contribution >= 4 is 10.0 Å². The molecule has 20 heavy (non-hydrogen) atoms. The predicted octanol–water partition coefficient (Wildman–Crippen LogP) is 1.47. The summed E-state index contributed by atoms with van der Waals surface area (Å²) in [7, 11) is 0.415. The van der Waals surface area contributed by atoms with Crippen molar-refractivity contribution in [3.8, 4) is 0 Å². The summed E-state index contributed by atoms with van der Waals surface area (Å²) < 4.78 is 28.9. The summed E-state index contributed by atoms with van der Waals surface area (Å²) in [5.74, 6) is 0. The molecule has 0 aromatic carbocycles. The third-order valence-electron chi connectivity index (χ3n) is 3.26. The lowest BCUT2D eigenvalue weighted by atomic mass is 10.1. The molecule has 0 aliphatic heterocycles. The van der Waals surface area contributed by atoms with E-state index in [9.17, 15) is 8.42 Å². The Balaban J connectivity index is 2.82. The summed E-state index contributed by atoms with van der Waals surface area (Å²) in [5.41, 5.74) is 0. The number of rotatable bonds is 8. The molecule has 1 rings (SSSR count). The van der Waals surface area contributed by atoms with Crippen LogP contribution in [-0.4, -0.2) is 49.8 Å². The molecule has 1 aromatic rings. The van der Waals surface area contributed by atoms with Crippen molar-refractivity contribution in [2.45, 2.75) is 50.7 Å². The van der Waals surface area contributed by atoms with Gasteiger partial charge in [-0.2, -0.15) is 5.10 Å². The second-order valence-corrected chi connectivity index (χ2v) is 7.18. The molecule has 116 valence electrons. The third kappa shape index (κ3) is 4.29. The molecule has 1 N–H and O–H groups in total. The predicted molar refractivity (Wildman–Crippen MR) is 80.2 cm³/mol. The molecule has 0 radical (unpaired) electrons. The lowest BCUT2D eigenvalue weighted by Gasteiger charge is -2.24. The van der Waals surface area contributed by atoms with Crippen molar-refractivity contribution in [3.63, 3.8) is 0 Å². The van der Waals surface area contributed by atoms with Crippen LogP contribution in [-0.2, 0) is 10.0 Å². The number of likely N-dealkylation sites (N-methyl/N-ethyl adjacent to an activating group) is 1. The van der Waals surface area contributed by atoms with Gasteiger partial charge in [0.25, 0.3) is 10.0 Å². The molecule has 0 spiro atoms. The van der Waals surface area contributed by atoms with Gasteiger partial charge in [0.2, 0.25) is 0 Å². The normalized spacial score (nSPS) is 14.2. The number of aromatic nitrogens is 2. The lowest BCUT2D eigenvalue weighted by molar-refractivity contribution is 0.277. The molecule has 7 heteroatoms. The number of nitrogens with one attached hydrogen (secondary N) is 1. The van der Waals surface area contributed by atoms with Gasteiger partial charge in [0.15, 0.2) is 5.03 Å². The summed E-state index contributed by atoms with van der Waals surface area (Å²) in [4.78, 5) is 2.05. The van der Waals surface area contributed by atoms with E-state index in [2.05, 4.69) is 16.7 Å². The monoisotopic (exact) mass is 302 g/mol. The van der Waals surface area contributed by atoms with E-state index in [1.165, 1.54) is 16.9 Å². The van der Waals surface area contributed by atoms with Gasteiger partial charge in [-0.3, -0.25) is 4.68 Å². The molecule has 1 heterocycles. The van der Waals surface area contributed by atoms with Gasteiger partial charge in [0, 0.05) is 18.6 Å². The molecular formula is C13H26N4O2S. The minimum absolute atomic E-state index is 0.0110. The van der Waals surface area contributed by atoms with Crippen LogP contribution >= 0.6 is 0 Å². The molecule has 0 bridgehead atoms. The summed E-state index contributed by atoms with van der Waals surface area (Å²) in [6.45, 7) is 6.32. The average molecular weight is 302 g/mol. The van der Waals surface area contributed by atoms with Crippen molar-refractivity contribution in [2.24, 2.45) is 0 Å². The van der Waals surface area contributed by atoms with Gasteiger partial charge in [-0.1, -0.05) is 13.3 Å². The lowest BCUT2D eigenvalue weighted by Crippen LogP contribution is -2.40. The van der Waals surface area contributed by atoms with Gasteiger partial charge in [0.05, 0.1) is 6.20 Å². The highest BCUT2D eigenvalue weighted by atomic mass is 32.2. The highest BCUT2D eigenvalue weighted by Gasteiger charge is 2.22. The van der Waals surface area contributed by atoms with Crippen molar-refractivity contribution in [1.82, 2.24) is 19.4 Å². The van der Waals surface area contributed by atoms with Gasteiger partial charge in [-0.15, -0.1) is 0 Å². The molecule has 0 amide bonds. The van der Waals surface area contributed by atoms with Gasteiger partial charge >= 0.3 is 0 Å². The number of nitrogens with zero attached hydrogens (tertiary/aromatic N) is 3. The molecule has 0 saturated carbocycles. The van der Waals surface area contributed by atoms with Gasteiger partial charge in [-0.05, 0) is 40.4 Å². The Morgan fingerprint density at radius 2 is 2.05 bits per heavy atom. The fraction of sp³-hybridized carbons (Fsp3) is 0.769. The summed E-state index contributed by atoms with van der Waals surface area (Å²) in [6, 6.07) is 1.74. The van der Waals surface area contributed by atoms with Gasteiger partial charge < -0.3 is 4.90 Å². The summed E-state index contributed by atoms with van der Waals surface area (Å²) in [6.07, 6.45) is 3.50. The van der Waals surface area contributed by atoms with Crippen LogP contribution in [0.5, 0.6) is 0 Å². The first-order valence-electron chi connectivity index (χ1n) is 6.99. The van der Waals surface area contributed by atoms with Crippen LogP contribution in [0.1, 0.15) is 39.7 Å². The second-order valence-electron chi connectivity index (χ2n) is 5.47. The van der Waals surface area contributed by atoms with Crippen LogP contribution in [0, 0.1) is 0 Å². The highest BCUT2D eigenvalue weighted by molar-refractivity contribution is 7.89. The van der Waals surface area contributed by atoms with Crippen LogP contribution in [0.25, 0.3) is 0 Å². The van der Waals surface area contributed by atoms with Gasteiger partial charge in [-0.25, -0.2) is 13.1 Å². The van der Waals surface area contributed by atoms with E-state index < -0.39 is 10.0 Å². The Hall–Kier alpha value is -0.920. The Labute approximate surface area is 122 Å². The van der Waals surface area contributed by atoms with E-state index in [1.807, 2.05) is 32.8 Å². The molecule has 0 aliphatic rings. The van der Waals surface area contributed by atoms with Crippen molar-refractivity contribution < 1.29 is 8.42 Å². The number of hydrogen-bond donors (Lipinski definition) is 1. The van der Waals surface area contributed by atoms with Crippen LogP contribution in [0.4, 0.5) is 0 Å². The smallest absolute Gasteiger partial charge is 0.257 e. The fourth-order valence-corrected chi connectivity index (χ4v) is 3.36. The fourth-order valence-electron chi connectivity index (χ4n) is 2.06. The van der Waals surface area contributed by atoms with E-state index in [0.717, 1.165) is 12.8 Å². The van der Waals surface area contributed by atoms with Gasteiger partial charge in [0.1, 0.15) is 0 Å². The zero-order valence-electron chi connectivity index (χ0n) is 13.0. The van der Waals surface area contributed by atoms with E-state index in [-0.39, 0.29) is 17.1 Å². The second kappa shape index (κ2) is 7.19. The van der Waals surface area contributed by atoms with Crippen molar-refractivity contribution in [3.05, 3.63) is 12.3 Å². The van der Waals surface area contributed by atoms with E-state index in [1.54, 1.807) is 0 Å². The molecule has 0 fully saturated rings. The van der Waals surface area contributed by atoms with Crippen LogP contribution in [0.15, 0.2) is 17.3 Å². The Bertz CT molecular complexity index is 508. The number of hydrogen-bond acceptors (Lipinski definition) is 4. The first-order chi connectivity index (χ1) is 9.29. The minimum Gasteiger partial charge on any atom is -0.305 e. The molecular weight excluding hydrogens is 276 g/mol. The largest absolute Gasteiger partial charge is 0.305 e. The summed E-state index contributed by atoms with van der Waals surface area (Å²) >= 11 is 0. The molecule has 1 aromatic heterocycles. The molecule has 6 nitrogen and oxygen atoms in total. The SMILES string of the molecule is CCC[C@H](CNS(=O)(=O)c1ccnn1C(C)C)N(C)C. The maximum absolute atomic E-state index is 12.4. The molecule has 0 aliphatic carbocycles. The highest BCUT2D eigenvalue weighted by Crippen LogP contribution is 2.14. The topological polar surface area (TPSA) is 67.2 Å². The molecule has 0 unspecified atom stereocenters. The Morgan fingerprint density at radius 3 is 2.55 bits per heavy atom. The summed E-state index contributed by atoms with van der Waals surface area (Å²) in [5, 5.41) is 4.29. The van der Waals surface area contributed by atoms with Crippen LogP contribution in [0.2, 0.25) is 0 Å². The third-order valence-corrected chi connectivity index (χ3v) is 4.68. The standard InChI is InChI=1S/C13H26N4O2S/c1-6-7-12(16(4)5)10-15-20(18,19)13-8-9-14-17(13)11(2)3/h8-9,11-12,15H,6-7,10H2,1-5H3/t12-/m1/s1. The maximum atomic E-state index is 12.4. The van der Waals surface area contributed by atoms with E-state index in [4.69, 9.17) is 0 Å². The first-order valence-corrected chi connectivity index (χ1v) is 8.47. The molecule has 1 atom stereocenters. The Kier molecular flexibility index (Phi) is 6.16. The van der Waals surface area contributed by atoms with E-state index in [0.29, 0.717) is 6.54 Å². The number of sulfonamides is 1. The van der Waals surface area contributed by atoms with Crippen molar-refractivity contribution in [1.29, 1.82) is 0 Å². The maximum Gasteiger partial charge on any atom is 0.257 e. The zero-order valence-corrected chi connectivity index (χ0v) is 13.8. The van der Waals surface area contributed by atoms with E-state index >= 15 is 0 Å². The zero-order chi connectivity index (χ0) is 15.3. The van der Waals surface area contributed by atoms with Crippen LogP contribution in [0.3, 0.4) is 0 Å². The Morgan fingerprint density at radius 1 is 1.40 bits per heavy atom. The quantitative estimate of drug-likeness (QED) is 0.790. The minimum atomic E-state index is -3.52. The average Bonchev–Trinajstić information content (AvgIpc) is 2.84. The first kappa shape index (κ1) is 17.1.